The number of carbonyl (C=O) groups excluding carboxylic acids is 2. The Bertz CT molecular complexity index is 463. The van der Waals surface area contributed by atoms with Gasteiger partial charge in [0, 0.05) is 12.2 Å². The van der Waals surface area contributed by atoms with Gasteiger partial charge in [-0.15, -0.1) is 0 Å². The second-order valence-electron chi connectivity index (χ2n) is 3.83. The highest BCUT2D eigenvalue weighted by atomic mass is 35.5. The number of nitrogens with one attached hydrogen (secondary N) is 2. The van der Waals surface area contributed by atoms with Crippen LogP contribution >= 0.6 is 11.6 Å². The maximum absolute atomic E-state index is 11.9. The summed E-state index contributed by atoms with van der Waals surface area (Å²) in [6, 6.07) is 3.98. The van der Waals surface area contributed by atoms with Gasteiger partial charge in [0.05, 0.1) is 10.6 Å². The lowest BCUT2D eigenvalue weighted by molar-refractivity contribution is -0.122. The monoisotopic (exact) mass is 269 g/mol. The Balaban J connectivity index is 2.73. The van der Waals surface area contributed by atoms with Gasteiger partial charge in [-0.3, -0.25) is 9.59 Å². The van der Waals surface area contributed by atoms with E-state index in [2.05, 4.69) is 10.6 Å². The molecular weight excluding hydrogens is 254 g/mol. The SMILES string of the molecule is CCNC(=O)C(C)NC(=O)c1ccc(N)cc1Cl. The molecule has 0 radical (unpaired) electrons. The van der Waals surface area contributed by atoms with Crippen LogP contribution in [0.4, 0.5) is 5.69 Å². The van der Waals surface area contributed by atoms with E-state index in [9.17, 15) is 9.59 Å². The van der Waals surface area contributed by atoms with E-state index in [0.717, 1.165) is 0 Å². The number of anilines is 1. The van der Waals surface area contributed by atoms with Crippen LogP contribution in [0, 0.1) is 0 Å². The third-order valence-electron chi connectivity index (χ3n) is 2.33. The summed E-state index contributed by atoms with van der Waals surface area (Å²) >= 11 is 5.91. The average molecular weight is 270 g/mol. The zero-order chi connectivity index (χ0) is 13.7. The molecule has 1 aromatic rings. The highest BCUT2D eigenvalue weighted by molar-refractivity contribution is 6.34. The Morgan fingerprint density at radius 1 is 1.44 bits per heavy atom. The first-order chi connectivity index (χ1) is 8.45. The highest BCUT2D eigenvalue weighted by Gasteiger charge is 2.17. The number of halogens is 1. The molecule has 1 rings (SSSR count). The van der Waals surface area contributed by atoms with Crippen molar-refractivity contribution in [2.45, 2.75) is 19.9 Å². The van der Waals surface area contributed by atoms with Crippen LogP contribution in [0.15, 0.2) is 18.2 Å². The summed E-state index contributed by atoms with van der Waals surface area (Å²) in [7, 11) is 0. The molecule has 0 aliphatic carbocycles. The summed E-state index contributed by atoms with van der Waals surface area (Å²) in [6.45, 7) is 3.93. The number of hydrogen-bond donors (Lipinski definition) is 3. The van der Waals surface area contributed by atoms with Crippen LogP contribution in [-0.4, -0.2) is 24.4 Å². The van der Waals surface area contributed by atoms with Crippen molar-refractivity contribution < 1.29 is 9.59 Å². The van der Waals surface area contributed by atoms with Crippen molar-refractivity contribution in [1.82, 2.24) is 10.6 Å². The number of rotatable bonds is 4. The molecule has 0 heterocycles. The van der Waals surface area contributed by atoms with Crippen LogP contribution < -0.4 is 16.4 Å². The third kappa shape index (κ3) is 3.63. The van der Waals surface area contributed by atoms with Crippen LogP contribution in [0.2, 0.25) is 5.02 Å². The zero-order valence-corrected chi connectivity index (χ0v) is 11.0. The van der Waals surface area contributed by atoms with Gasteiger partial charge in [0.15, 0.2) is 0 Å². The fraction of sp³-hybridized carbons (Fsp3) is 0.333. The molecule has 0 aliphatic rings. The number of nitrogens with two attached hydrogens (primary N) is 1. The average Bonchev–Trinajstić information content (AvgIpc) is 2.28. The van der Waals surface area contributed by atoms with Crippen LogP contribution in [-0.2, 0) is 4.79 Å². The lowest BCUT2D eigenvalue weighted by Crippen LogP contribution is -2.44. The van der Waals surface area contributed by atoms with Crippen LogP contribution in [0.5, 0.6) is 0 Å². The molecule has 1 atom stereocenters. The molecule has 98 valence electrons. The maximum Gasteiger partial charge on any atom is 0.253 e. The molecule has 0 bridgehead atoms. The van der Waals surface area contributed by atoms with Crippen molar-refractivity contribution in [1.29, 1.82) is 0 Å². The van der Waals surface area contributed by atoms with Gasteiger partial charge in [-0.1, -0.05) is 11.6 Å². The molecule has 0 fully saturated rings. The topological polar surface area (TPSA) is 84.2 Å². The van der Waals surface area contributed by atoms with E-state index in [-0.39, 0.29) is 10.9 Å². The lowest BCUT2D eigenvalue weighted by atomic mass is 10.2. The largest absolute Gasteiger partial charge is 0.399 e. The van der Waals surface area contributed by atoms with Gasteiger partial charge < -0.3 is 16.4 Å². The van der Waals surface area contributed by atoms with E-state index in [1.807, 2.05) is 6.92 Å². The Morgan fingerprint density at radius 3 is 2.67 bits per heavy atom. The second-order valence-corrected chi connectivity index (χ2v) is 4.24. The van der Waals surface area contributed by atoms with Crippen molar-refractivity contribution in [2.75, 3.05) is 12.3 Å². The number of carbonyl (C=O) groups is 2. The fourth-order valence-electron chi connectivity index (χ4n) is 1.38. The van der Waals surface area contributed by atoms with Gasteiger partial charge >= 0.3 is 0 Å². The quantitative estimate of drug-likeness (QED) is 0.718. The van der Waals surface area contributed by atoms with Crippen molar-refractivity contribution in [2.24, 2.45) is 0 Å². The first-order valence-corrected chi connectivity index (χ1v) is 5.97. The van der Waals surface area contributed by atoms with Crippen molar-refractivity contribution in [3.05, 3.63) is 28.8 Å². The van der Waals surface area contributed by atoms with Gasteiger partial charge in [-0.25, -0.2) is 0 Å². The molecule has 0 saturated carbocycles. The first-order valence-electron chi connectivity index (χ1n) is 5.59. The van der Waals surface area contributed by atoms with Gasteiger partial charge in [-0.05, 0) is 32.0 Å². The van der Waals surface area contributed by atoms with Gasteiger partial charge in [0.25, 0.3) is 5.91 Å². The summed E-state index contributed by atoms with van der Waals surface area (Å²) in [6.07, 6.45) is 0. The van der Waals surface area contributed by atoms with E-state index >= 15 is 0 Å². The minimum Gasteiger partial charge on any atom is -0.399 e. The van der Waals surface area contributed by atoms with Crippen molar-refractivity contribution >= 4 is 29.1 Å². The molecule has 0 aliphatic heterocycles. The van der Waals surface area contributed by atoms with Crippen molar-refractivity contribution in [3.8, 4) is 0 Å². The lowest BCUT2D eigenvalue weighted by Gasteiger charge is -2.14. The summed E-state index contributed by atoms with van der Waals surface area (Å²) in [5, 5.41) is 5.44. The Morgan fingerprint density at radius 2 is 2.11 bits per heavy atom. The Hall–Kier alpha value is -1.75. The summed E-state index contributed by atoms with van der Waals surface area (Å²) in [5.41, 5.74) is 6.31. The normalized spacial score (nSPS) is 11.7. The Labute approximate surface area is 111 Å². The number of nitrogen functional groups attached to an aromatic ring is 1. The van der Waals surface area contributed by atoms with Gasteiger partial charge in [0.1, 0.15) is 6.04 Å². The van der Waals surface area contributed by atoms with E-state index in [0.29, 0.717) is 17.8 Å². The molecule has 6 heteroatoms. The first kappa shape index (κ1) is 14.3. The van der Waals surface area contributed by atoms with Crippen LogP contribution in [0.1, 0.15) is 24.2 Å². The summed E-state index contributed by atoms with van der Waals surface area (Å²) in [4.78, 5) is 23.3. The summed E-state index contributed by atoms with van der Waals surface area (Å²) in [5.74, 6) is -0.642. The molecule has 1 aromatic carbocycles. The zero-order valence-electron chi connectivity index (χ0n) is 10.3. The van der Waals surface area contributed by atoms with E-state index in [1.165, 1.54) is 12.1 Å². The molecule has 1 unspecified atom stereocenters. The minimum atomic E-state index is -0.619. The number of amides is 2. The second kappa shape index (κ2) is 6.26. The fourth-order valence-corrected chi connectivity index (χ4v) is 1.66. The molecule has 2 amide bonds. The molecule has 18 heavy (non-hydrogen) atoms. The molecule has 0 aromatic heterocycles. The van der Waals surface area contributed by atoms with E-state index in [4.69, 9.17) is 17.3 Å². The van der Waals surface area contributed by atoms with E-state index in [1.54, 1.807) is 13.0 Å². The van der Waals surface area contributed by atoms with Gasteiger partial charge in [-0.2, -0.15) is 0 Å². The predicted molar refractivity (Wildman–Crippen MR) is 71.5 cm³/mol. The number of likely N-dealkylation sites (N-methyl/N-ethyl adjacent to an activating group) is 1. The maximum atomic E-state index is 11.9. The minimum absolute atomic E-state index is 0.239. The molecular formula is C12H16ClN3O2. The number of benzene rings is 1. The summed E-state index contributed by atoms with van der Waals surface area (Å²) < 4.78 is 0. The number of hydrogen-bond acceptors (Lipinski definition) is 3. The standard InChI is InChI=1S/C12H16ClN3O2/c1-3-15-11(17)7(2)16-12(18)9-5-4-8(14)6-10(9)13/h4-7H,3,14H2,1-2H3,(H,15,17)(H,16,18). The van der Waals surface area contributed by atoms with Gasteiger partial charge in [0.2, 0.25) is 5.91 Å². The van der Waals surface area contributed by atoms with Crippen molar-refractivity contribution in [3.63, 3.8) is 0 Å². The smallest absolute Gasteiger partial charge is 0.253 e. The molecule has 5 nitrogen and oxygen atoms in total. The van der Waals surface area contributed by atoms with E-state index < -0.39 is 11.9 Å². The molecule has 0 saturated heterocycles. The van der Waals surface area contributed by atoms with Crippen LogP contribution in [0.3, 0.4) is 0 Å². The molecule has 4 N–H and O–H groups in total. The predicted octanol–water partition coefficient (Wildman–Crippen LogP) is 1.18. The molecule has 0 spiro atoms. The third-order valence-corrected chi connectivity index (χ3v) is 2.64. The Kier molecular flexibility index (Phi) is 4.97. The van der Waals surface area contributed by atoms with Crippen LogP contribution in [0.25, 0.3) is 0 Å². The highest BCUT2D eigenvalue weighted by Crippen LogP contribution is 2.19.